The molecule has 0 bridgehead atoms. The first kappa shape index (κ1) is 27.2. The lowest BCUT2D eigenvalue weighted by atomic mass is 9.94. The first-order valence-corrected chi connectivity index (χ1v) is 14.4. The zero-order chi connectivity index (χ0) is 26.1. The number of carbonyl (C=O) groups is 1. The lowest BCUT2D eigenvalue weighted by molar-refractivity contribution is 0.0833. The number of imidazole rings is 1. The minimum atomic E-state index is -3.82. The van der Waals surface area contributed by atoms with Gasteiger partial charge in [0.1, 0.15) is 6.61 Å². The number of rotatable bonds is 11. The Morgan fingerprint density at radius 2 is 1.84 bits per heavy atom. The van der Waals surface area contributed by atoms with E-state index < -0.39 is 22.2 Å². The van der Waals surface area contributed by atoms with Gasteiger partial charge in [0.25, 0.3) is 0 Å². The van der Waals surface area contributed by atoms with Crippen LogP contribution in [0.5, 0.6) is 0 Å². The summed E-state index contributed by atoms with van der Waals surface area (Å²) in [4.78, 5) is 16.6. The molecule has 0 spiro atoms. The minimum absolute atomic E-state index is 0.00199. The summed E-state index contributed by atoms with van der Waals surface area (Å²) >= 11 is 6.01. The number of alkyl carbamates (subject to hydrolysis) is 1. The molecule has 0 aliphatic carbocycles. The maximum atomic E-state index is 13.8. The van der Waals surface area contributed by atoms with E-state index in [4.69, 9.17) is 16.3 Å². The number of nitrogens with one attached hydrogen (secondary N) is 1. The predicted octanol–water partition coefficient (Wildman–Crippen LogP) is 4.90. The van der Waals surface area contributed by atoms with Crippen LogP contribution in [0, 0.1) is 0 Å². The van der Waals surface area contributed by atoms with E-state index in [1.807, 2.05) is 29.0 Å². The average molecular weight is 545 g/mol. The molecule has 0 unspecified atom stereocenters. The van der Waals surface area contributed by atoms with Crippen molar-refractivity contribution in [3.63, 3.8) is 0 Å². The molecule has 37 heavy (non-hydrogen) atoms. The predicted molar refractivity (Wildman–Crippen MR) is 143 cm³/mol. The molecular formula is C27H33ClN4O4S. The first-order valence-electron chi connectivity index (χ1n) is 12.6. The maximum Gasteiger partial charge on any atom is 0.407 e. The summed E-state index contributed by atoms with van der Waals surface area (Å²) in [6.07, 6.45) is 9.20. The van der Waals surface area contributed by atoms with Gasteiger partial charge in [0.15, 0.2) is 0 Å². The fourth-order valence-electron chi connectivity index (χ4n) is 4.76. The van der Waals surface area contributed by atoms with Crippen LogP contribution in [0.2, 0.25) is 5.02 Å². The Bertz CT molecular complexity index is 1220. The van der Waals surface area contributed by atoms with Gasteiger partial charge in [-0.3, -0.25) is 0 Å². The van der Waals surface area contributed by atoms with Gasteiger partial charge in [-0.25, -0.2) is 18.2 Å². The molecule has 1 saturated heterocycles. The number of amides is 1. The molecule has 0 radical (unpaired) electrons. The lowest BCUT2D eigenvalue weighted by Crippen LogP contribution is -2.52. The maximum absolute atomic E-state index is 13.8. The zero-order valence-electron chi connectivity index (χ0n) is 20.7. The van der Waals surface area contributed by atoms with Crippen molar-refractivity contribution in [1.29, 1.82) is 0 Å². The number of hydrogen-bond acceptors (Lipinski definition) is 5. The monoisotopic (exact) mass is 544 g/mol. The van der Waals surface area contributed by atoms with Crippen molar-refractivity contribution in [2.45, 2.75) is 62.0 Å². The molecule has 4 rings (SSSR count). The Hall–Kier alpha value is -2.88. The van der Waals surface area contributed by atoms with E-state index in [9.17, 15) is 13.2 Å². The normalized spacial score (nSPS) is 18.4. The van der Waals surface area contributed by atoms with Gasteiger partial charge < -0.3 is 14.6 Å². The largest absolute Gasteiger partial charge is 0.448 e. The smallest absolute Gasteiger partial charge is 0.407 e. The highest BCUT2D eigenvalue weighted by Crippen LogP contribution is 2.33. The molecule has 1 amide bonds. The van der Waals surface area contributed by atoms with Crippen LogP contribution in [0.15, 0.2) is 78.2 Å². The molecular weight excluding hydrogens is 512 g/mol. The van der Waals surface area contributed by atoms with Crippen molar-refractivity contribution < 1.29 is 17.9 Å². The molecule has 198 valence electrons. The number of carbonyl (C=O) groups excluding carboxylic acids is 1. The summed E-state index contributed by atoms with van der Waals surface area (Å²) in [6, 6.07) is 15.7. The third kappa shape index (κ3) is 7.56. The highest BCUT2D eigenvalue weighted by Gasteiger charge is 2.40. The van der Waals surface area contributed by atoms with Crippen LogP contribution in [0.1, 0.15) is 37.7 Å². The standard InChI is InChI=1S/C27H33ClN4O4S/c28-23-11-14-26(15-12-23)37(34,35)32-24(13-10-22-6-2-1-3-7-22)8-4-9-25(32)20-36-27(33)30-16-5-18-31-19-17-29-21-31/h1-3,6-7,11-12,14-15,17,19,21,24-25H,4-5,8-10,13,16,18,20H2,(H,30,33)/t24-,25+/m0/s1. The van der Waals surface area contributed by atoms with Crippen molar-refractivity contribution in [2.75, 3.05) is 13.2 Å². The van der Waals surface area contributed by atoms with Gasteiger partial charge in [0.05, 0.1) is 17.3 Å². The first-order chi connectivity index (χ1) is 17.9. The van der Waals surface area contributed by atoms with E-state index in [0.717, 1.165) is 32.2 Å². The summed E-state index contributed by atoms with van der Waals surface area (Å²) in [5.41, 5.74) is 1.17. The van der Waals surface area contributed by atoms with Crippen molar-refractivity contribution in [1.82, 2.24) is 19.2 Å². The molecule has 1 N–H and O–H groups in total. The van der Waals surface area contributed by atoms with E-state index in [0.29, 0.717) is 24.4 Å². The van der Waals surface area contributed by atoms with Crippen LogP contribution in [0.4, 0.5) is 4.79 Å². The van der Waals surface area contributed by atoms with Gasteiger partial charge in [-0.15, -0.1) is 0 Å². The Morgan fingerprint density at radius 3 is 2.57 bits per heavy atom. The number of aromatic nitrogens is 2. The zero-order valence-corrected chi connectivity index (χ0v) is 22.3. The minimum Gasteiger partial charge on any atom is -0.448 e. The fourth-order valence-corrected chi connectivity index (χ4v) is 6.77. The lowest BCUT2D eigenvalue weighted by Gasteiger charge is -2.40. The van der Waals surface area contributed by atoms with Crippen molar-refractivity contribution in [3.05, 3.63) is 83.9 Å². The van der Waals surface area contributed by atoms with Gasteiger partial charge in [0, 0.05) is 36.5 Å². The number of halogens is 1. The molecule has 1 fully saturated rings. The molecule has 10 heteroatoms. The number of benzene rings is 2. The SMILES string of the molecule is O=C(NCCCn1ccnc1)OC[C@H]1CCC[C@@H](CCc2ccccc2)N1S(=O)(=O)c1ccc(Cl)cc1. The Labute approximate surface area is 223 Å². The number of nitrogens with zero attached hydrogens (tertiary/aromatic N) is 3. The van der Waals surface area contributed by atoms with Crippen LogP contribution in [-0.2, 0) is 27.7 Å². The summed E-state index contributed by atoms with van der Waals surface area (Å²) in [6.45, 7) is 1.19. The molecule has 3 aromatic rings. The molecule has 2 atom stereocenters. The van der Waals surface area contributed by atoms with E-state index >= 15 is 0 Å². The number of ether oxygens (including phenoxy) is 1. The molecule has 0 saturated carbocycles. The van der Waals surface area contributed by atoms with E-state index in [2.05, 4.69) is 22.4 Å². The third-order valence-corrected chi connectivity index (χ3v) is 8.89. The number of hydrogen-bond donors (Lipinski definition) is 1. The van der Waals surface area contributed by atoms with Gasteiger partial charge in [-0.05, 0) is 61.9 Å². The van der Waals surface area contributed by atoms with Gasteiger partial charge in [-0.1, -0.05) is 48.4 Å². The average Bonchev–Trinajstić information content (AvgIpc) is 3.43. The van der Waals surface area contributed by atoms with Crippen molar-refractivity contribution in [2.24, 2.45) is 0 Å². The van der Waals surface area contributed by atoms with E-state index in [1.165, 1.54) is 17.7 Å². The van der Waals surface area contributed by atoms with Crippen LogP contribution in [0.25, 0.3) is 0 Å². The summed E-state index contributed by atoms with van der Waals surface area (Å²) < 4.78 is 36.7. The third-order valence-electron chi connectivity index (χ3n) is 6.62. The molecule has 2 aromatic carbocycles. The second kappa shape index (κ2) is 13.1. The fraction of sp³-hybridized carbons (Fsp3) is 0.407. The topological polar surface area (TPSA) is 93.5 Å². The Balaban J connectivity index is 1.42. The summed E-state index contributed by atoms with van der Waals surface area (Å²) in [5, 5.41) is 3.23. The van der Waals surface area contributed by atoms with Crippen LogP contribution >= 0.6 is 11.6 Å². The summed E-state index contributed by atoms with van der Waals surface area (Å²) in [5.74, 6) is 0. The Morgan fingerprint density at radius 1 is 1.08 bits per heavy atom. The van der Waals surface area contributed by atoms with Gasteiger partial charge in [0.2, 0.25) is 10.0 Å². The van der Waals surface area contributed by atoms with Crippen LogP contribution in [-0.4, -0.2) is 53.6 Å². The highest BCUT2D eigenvalue weighted by molar-refractivity contribution is 7.89. The summed E-state index contributed by atoms with van der Waals surface area (Å²) in [7, 11) is -3.82. The van der Waals surface area contributed by atoms with Crippen molar-refractivity contribution in [3.8, 4) is 0 Å². The number of piperidine rings is 1. The molecule has 1 aromatic heterocycles. The van der Waals surface area contributed by atoms with Gasteiger partial charge >= 0.3 is 6.09 Å². The van der Waals surface area contributed by atoms with E-state index in [1.54, 1.807) is 29.0 Å². The molecule has 8 nitrogen and oxygen atoms in total. The number of sulfonamides is 1. The number of aryl methyl sites for hydroxylation is 2. The molecule has 1 aliphatic heterocycles. The quantitative estimate of drug-likeness (QED) is 0.347. The second-order valence-corrected chi connectivity index (χ2v) is 11.5. The second-order valence-electron chi connectivity index (χ2n) is 9.23. The highest BCUT2D eigenvalue weighted by atomic mass is 35.5. The Kier molecular flexibility index (Phi) is 9.60. The molecule has 2 heterocycles. The van der Waals surface area contributed by atoms with Crippen LogP contribution in [0.3, 0.4) is 0 Å². The van der Waals surface area contributed by atoms with E-state index in [-0.39, 0.29) is 17.5 Å². The molecule has 1 aliphatic rings. The van der Waals surface area contributed by atoms with Gasteiger partial charge in [-0.2, -0.15) is 4.31 Å². The van der Waals surface area contributed by atoms with Crippen molar-refractivity contribution >= 4 is 27.7 Å². The van der Waals surface area contributed by atoms with Crippen LogP contribution < -0.4 is 5.32 Å².